The molecular weight excluding hydrogens is 192 g/mol. The third-order valence-electron chi connectivity index (χ3n) is 2.91. The summed E-state index contributed by atoms with van der Waals surface area (Å²) >= 11 is 0. The molecule has 1 aliphatic heterocycles. The van der Waals surface area contributed by atoms with Gasteiger partial charge in [0.05, 0.1) is 6.04 Å². The molecule has 0 spiro atoms. The predicted molar refractivity (Wildman–Crippen MR) is 55.0 cm³/mol. The Morgan fingerprint density at radius 3 is 2.87 bits per heavy atom. The Bertz CT molecular complexity index is 375. The minimum atomic E-state index is -1.24. The SMILES string of the molecule is CN1C(=O)[C@@](C)(O)C[C@@H]1c1cccnc1. The predicted octanol–water partition coefficient (Wildman–Crippen LogP) is 0.736. The number of rotatable bonds is 1. The first-order valence-electron chi connectivity index (χ1n) is 4.92. The molecule has 2 atom stereocenters. The molecule has 1 saturated heterocycles. The summed E-state index contributed by atoms with van der Waals surface area (Å²) in [5, 5.41) is 9.85. The highest BCUT2D eigenvalue weighted by atomic mass is 16.3. The molecule has 1 fully saturated rings. The number of nitrogens with zero attached hydrogens (tertiary/aromatic N) is 2. The summed E-state index contributed by atoms with van der Waals surface area (Å²) in [6.45, 7) is 1.56. The summed E-state index contributed by atoms with van der Waals surface area (Å²) in [5.74, 6) is -0.226. The molecule has 0 aromatic carbocycles. The molecule has 15 heavy (non-hydrogen) atoms. The van der Waals surface area contributed by atoms with Gasteiger partial charge in [-0.15, -0.1) is 0 Å². The lowest BCUT2D eigenvalue weighted by Crippen LogP contribution is -2.35. The number of amides is 1. The lowest BCUT2D eigenvalue weighted by Gasteiger charge is -2.18. The first-order valence-corrected chi connectivity index (χ1v) is 4.92. The van der Waals surface area contributed by atoms with Crippen LogP contribution in [-0.4, -0.2) is 33.5 Å². The summed E-state index contributed by atoms with van der Waals surface area (Å²) in [6.07, 6.45) is 3.85. The van der Waals surface area contributed by atoms with Gasteiger partial charge in [0, 0.05) is 25.9 Å². The summed E-state index contributed by atoms with van der Waals surface area (Å²) in [6, 6.07) is 3.69. The quantitative estimate of drug-likeness (QED) is 0.737. The van der Waals surface area contributed by atoms with E-state index in [9.17, 15) is 9.90 Å². The van der Waals surface area contributed by atoms with E-state index >= 15 is 0 Å². The van der Waals surface area contributed by atoms with Crippen molar-refractivity contribution in [3.05, 3.63) is 30.1 Å². The maximum absolute atomic E-state index is 11.7. The van der Waals surface area contributed by atoms with Crippen molar-refractivity contribution in [1.82, 2.24) is 9.88 Å². The van der Waals surface area contributed by atoms with E-state index < -0.39 is 5.60 Å². The van der Waals surface area contributed by atoms with Crippen LogP contribution in [0.5, 0.6) is 0 Å². The Kier molecular flexibility index (Phi) is 2.23. The highest BCUT2D eigenvalue weighted by molar-refractivity contribution is 5.87. The molecule has 4 heteroatoms. The second-order valence-electron chi connectivity index (χ2n) is 4.20. The minimum absolute atomic E-state index is 0.0683. The van der Waals surface area contributed by atoms with Crippen LogP contribution >= 0.6 is 0 Å². The zero-order valence-corrected chi connectivity index (χ0v) is 8.84. The van der Waals surface area contributed by atoms with E-state index in [1.807, 2.05) is 12.1 Å². The Morgan fingerprint density at radius 1 is 1.67 bits per heavy atom. The van der Waals surface area contributed by atoms with Crippen LogP contribution in [0, 0.1) is 0 Å². The molecule has 1 amide bonds. The van der Waals surface area contributed by atoms with Gasteiger partial charge in [-0.2, -0.15) is 0 Å². The van der Waals surface area contributed by atoms with Gasteiger partial charge in [-0.25, -0.2) is 0 Å². The van der Waals surface area contributed by atoms with E-state index in [0.717, 1.165) is 5.56 Å². The second-order valence-corrected chi connectivity index (χ2v) is 4.20. The summed E-state index contributed by atoms with van der Waals surface area (Å²) in [4.78, 5) is 17.3. The topological polar surface area (TPSA) is 53.4 Å². The van der Waals surface area contributed by atoms with Crippen molar-refractivity contribution in [3.8, 4) is 0 Å². The molecule has 1 aromatic rings. The second kappa shape index (κ2) is 3.31. The van der Waals surface area contributed by atoms with Gasteiger partial charge in [-0.1, -0.05) is 6.07 Å². The van der Waals surface area contributed by atoms with Gasteiger partial charge >= 0.3 is 0 Å². The standard InChI is InChI=1S/C11H14N2O2/c1-11(15)6-9(13(2)10(11)14)8-4-3-5-12-7-8/h3-5,7,9,15H,6H2,1-2H3/t9-,11+/m1/s1. The third kappa shape index (κ3) is 1.61. The van der Waals surface area contributed by atoms with Crippen molar-refractivity contribution in [2.24, 2.45) is 0 Å². The number of likely N-dealkylation sites (N-methyl/N-ethyl adjacent to an activating group) is 1. The van der Waals surface area contributed by atoms with E-state index in [4.69, 9.17) is 0 Å². The van der Waals surface area contributed by atoms with Gasteiger partial charge in [-0.05, 0) is 18.6 Å². The molecule has 1 aromatic heterocycles. The Labute approximate surface area is 88.6 Å². The van der Waals surface area contributed by atoms with Gasteiger partial charge in [0.1, 0.15) is 5.60 Å². The Morgan fingerprint density at radius 2 is 2.40 bits per heavy atom. The molecule has 0 bridgehead atoms. The number of carbonyl (C=O) groups is 1. The van der Waals surface area contributed by atoms with Crippen molar-refractivity contribution in [3.63, 3.8) is 0 Å². The fourth-order valence-corrected chi connectivity index (χ4v) is 2.04. The summed E-state index contributed by atoms with van der Waals surface area (Å²) in [5.41, 5.74) is -0.277. The maximum atomic E-state index is 11.7. The first-order chi connectivity index (χ1) is 7.02. The summed E-state index contributed by atoms with van der Waals surface area (Å²) in [7, 11) is 1.71. The number of aliphatic hydroxyl groups is 1. The van der Waals surface area contributed by atoms with Gasteiger partial charge in [-0.3, -0.25) is 9.78 Å². The molecule has 1 N–H and O–H groups in total. The number of carbonyl (C=O) groups excluding carboxylic acids is 1. The van der Waals surface area contributed by atoms with Crippen molar-refractivity contribution in [1.29, 1.82) is 0 Å². The van der Waals surface area contributed by atoms with Crippen LogP contribution in [-0.2, 0) is 4.79 Å². The molecule has 2 heterocycles. The molecule has 2 rings (SSSR count). The van der Waals surface area contributed by atoms with Crippen LogP contribution in [0.25, 0.3) is 0 Å². The van der Waals surface area contributed by atoms with E-state index in [0.29, 0.717) is 6.42 Å². The van der Waals surface area contributed by atoms with Crippen molar-refractivity contribution >= 4 is 5.91 Å². The number of likely N-dealkylation sites (tertiary alicyclic amines) is 1. The molecular formula is C11H14N2O2. The van der Waals surface area contributed by atoms with E-state index in [-0.39, 0.29) is 11.9 Å². The number of pyridine rings is 1. The van der Waals surface area contributed by atoms with E-state index in [2.05, 4.69) is 4.98 Å². The highest BCUT2D eigenvalue weighted by Crippen LogP contribution is 2.36. The Balaban J connectivity index is 2.31. The van der Waals surface area contributed by atoms with Crippen LogP contribution in [0.1, 0.15) is 24.9 Å². The zero-order valence-electron chi connectivity index (χ0n) is 8.84. The normalized spacial score (nSPS) is 31.0. The van der Waals surface area contributed by atoms with E-state index in [1.165, 1.54) is 0 Å². The molecule has 0 aliphatic carbocycles. The van der Waals surface area contributed by atoms with Crippen LogP contribution in [0.4, 0.5) is 0 Å². The molecule has 1 aliphatic rings. The molecule has 0 unspecified atom stereocenters. The lowest BCUT2D eigenvalue weighted by molar-refractivity contribution is -0.141. The largest absolute Gasteiger partial charge is 0.380 e. The van der Waals surface area contributed by atoms with E-state index in [1.54, 1.807) is 31.3 Å². The van der Waals surface area contributed by atoms with Crippen LogP contribution < -0.4 is 0 Å². The average Bonchev–Trinajstić information content (AvgIpc) is 2.44. The highest BCUT2D eigenvalue weighted by Gasteiger charge is 2.45. The molecule has 0 saturated carbocycles. The first kappa shape index (κ1) is 10.1. The fraction of sp³-hybridized carbons (Fsp3) is 0.455. The van der Waals surface area contributed by atoms with Crippen molar-refractivity contribution in [2.75, 3.05) is 7.05 Å². The minimum Gasteiger partial charge on any atom is -0.380 e. The number of hydrogen-bond donors (Lipinski definition) is 1. The monoisotopic (exact) mass is 206 g/mol. The van der Waals surface area contributed by atoms with Crippen LogP contribution in [0.15, 0.2) is 24.5 Å². The van der Waals surface area contributed by atoms with Gasteiger partial charge in [0.2, 0.25) is 0 Å². The average molecular weight is 206 g/mol. The fourth-order valence-electron chi connectivity index (χ4n) is 2.04. The smallest absolute Gasteiger partial charge is 0.254 e. The number of aromatic nitrogens is 1. The van der Waals surface area contributed by atoms with Gasteiger partial charge in [0.15, 0.2) is 0 Å². The number of hydrogen-bond acceptors (Lipinski definition) is 3. The Hall–Kier alpha value is -1.42. The molecule has 80 valence electrons. The molecule has 4 nitrogen and oxygen atoms in total. The zero-order chi connectivity index (χ0) is 11.1. The third-order valence-corrected chi connectivity index (χ3v) is 2.91. The van der Waals surface area contributed by atoms with Gasteiger partial charge in [0.25, 0.3) is 5.91 Å². The van der Waals surface area contributed by atoms with Crippen LogP contribution in [0.2, 0.25) is 0 Å². The lowest BCUT2D eigenvalue weighted by atomic mass is 9.99. The van der Waals surface area contributed by atoms with Crippen molar-refractivity contribution < 1.29 is 9.90 Å². The van der Waals surface area contributed by atoms with Gasteiger partial charge < -0.3 is 10.0 Å². The summed E-state index contributed by atoms with van der Waals surface area (Å²) < 4.78 is 0. The van der Waals surface area contributed by atoms with Crippen molar-refractivity contribution in [2.45, 2.75) is 25.0 Å². The maximum Gasteiger partial charge on any atom is 0.254 e. The molecule has 0 radical (unpaired) electrons. The van der Waals surface area contributed by atoms with Crippen LogP contribution in [0.3, 0.4) is 0 Å².